The van der Waals surface area contributed by atoms with E-state index in [-0.39, 0.29) is 18.3 Å². The first kappa shape index (κ1) is 16.8. The van der Waals surface area contributed by atoms with Gasteiger partial charge in [-0.15, -0.1) is 12.4 Å². The van der Waals surface area contributed by atoms with Crippen molar-refractivity contribution in [2.24, 2.45) is 5.92 Å². The Morgan fingerprint density at radius 2 is 2.09 bits per heavy atom. The molecule has 22 heavy (non-hydrogen) atoms. The Bertz CT molecular complexity index is 619. The molecule has 1 fully saturated rings. The summed E-state index contributed by atoms with van der Waals surface area (Å²) in [6.07, 6.45) is 2.14. The molecule has 0 radical (unpaired) electrons. The molecule has 120 valence electrons. The van der Waals surface area contributed by atoms with Crippen molar-refractivity contribution < 1.29 is 4.79 Å². The fourth-order valence-corrected chi connectivity index (χ4v) is 2.96. The van der Waals surface area contributed by atoms with Crippen LogP contribution in [0.25, 0.3) is 10.9 Å². The number of carbonyl (C=O) groups is 1. The standard InChI is InChI=1S/C16H22N4O.ClH/c1-2-17-11-12-7-9-20(10-8-12)16(21)15-13-5-3-4-6-14(13)18-19-15;/h3-6,12,17H,2,7-11H2,1H3,(H,18,19);1H. The lowest BCUT2D eigenvalue weighted by Gasteiger charge is -2.31. The van der Waals surface area contributed by atoms with E-state index in [1.807, 2.05) is 29.2 Å². The lowest BCUT2D eigenvalue weighted by Crippen LogP contribution is -2.41. The van der Waals surface area contributed by atoms with Crippen molar-refractivity contribution in [1.82, 2.24) is 20.4 Å². The first-order chi connectivity index (χ1) is 10.3. The monoisotopic (exact) mass is 322 g/mol. The largest absolute Gasteiger partial charge is 0.337 e. The minimum atomic E-state index is 0. The molecule has 2 aromatic rings. The summed E-state index contributed by atoms with van der Waals surface area (Å²) in [6.45, 7) is 5.86. The number of carbonyl (C=O) groups excluding carboxylic acids is 1. The molecule has 2 heterocycles. The fraction of sp³-hybridized carbons (Fsp3) is 0.500. The van der Waals surface area contributed by atoms with E-state index in [0.29, 0.717) is 11.6 Å². The second-order valence-electron chi connectivity index (χ2n) is 5.66. The number of aromatic nitrogens is 2. The van der Waals surface area contributed by atoms with Crippen molar-refractivity contribution in [3.8, 4) is 0 Å². The maximum atomic E-state index is 12.6. The summed E-state index contributed by atoms with van der Waals surface area (Å²) in [7, 11) is 0. The van der Waals surface area contributed by atoms with Crippen molar-refractivity contribution in [2.75, 3.05) is 26.2 Å². The Balaban J connectivity index is 0.00000176. The van der Waals surface area contributed by atoms with E-state index < -0.39 is 0 Å². The van der Waals surface area contributed by atoms with Crippen LogP contribution < -0.4 is 5.32 Å². The maximum Gasteiger partial charge on any atom is 0.274 e. The quantitative estimate of drug-likeness (QED) is 0.909. The van der Waals surface area contributed by atoms with Gasteiger partial charge in [0, 0.05) is 18.5 Å². The molecule has 1 aromatic carbocycles. The lowest BCUT2D eigenvalue weighted by molar-refractivity contribution is 0.0686. The second-order valence-corrected chi connectivity index (χ2v) is 5.66. The summed E-state index contributed by atoms with van der Waals surface area (Å²) < 4.78 is 0. The van der Waals surface area contributed by atoms with Gasteiger partial charge in [-0.25, -0.2) is 0 Å². The number of nitrogens with zero attached hydrogens (tertiary/aromatic N) is 2. The highest BCUT2D eigenvalue weighted by Gasteiger charge is 2.25. The van der Waals surface area contributed by atoms with Crippen molar-refractivity contribution in [3.63, 3.8) is 0 Å². The van der Waals surface area contributed by atoms with Crippen molar-refractivity contribution in [1.29, 1.82) is 0 Å². The number of H-pyrrole nitrogens is 1. The van der Waals surface area contributed by atoms with Crippen LogP contribution in [0.15, 0.2) is 24.3 Å². The zero-order valence-corrected chi connectivity index (χ0v) is 13.7. The van der Waals surface area contributed by atoms with Gasteiger partial charge in [-0.2, -0.15) is 5.10 Å². The Kier molecular flexibility index (Phi) is 5.80. The van der Waals surface area contributed by atoms with Gasteiger partial charge in [0.1, 0.15) is 0 Å². The number of fused-ring (bicyclic) bond motifs is 1. The molecule has 0 atom stereocenters. The number of benzene rings is 1. The van der Waals surface area contributed by atoms with Gasteiger partial charge in [0.15, 0.2) is 5.69 Å². The Morgan fingerprint density at radius 3 is 2.82 bits per heavy atom. The average molecular weight is 323 g/mol. The predicted molar refractivity (Wildman–Crippen MR) is 90.5 cm³/mol. The van der Waals surface area contributed by atoms with E-state index in [1.165, 1.54) is 0 Å². The highest BCUT2D eigenvalue weighted by atomic mass is 35.5. The van der Waals surface area contributed by atoms with Crippen LogP contribution in [0.3, 0.4) is 0 Å². The number of likely N-dealkylation sites (tertiary alicyclic amines) is 1. The van der Waals surface area contributed by atoms with Crippen LogP contribution in [0.4, 0.5) is 0 Å². The molecule has 5 nitrogen and oxygen atoms in total. The van der Waals surface area contributed by atoms with Crippen molar-refractivity contribution >= 4 is 29.2 Å². The highest BCUT2D eigenvalue weighted by molar-refractivity contribution is 6.04. The first-order valence-electron chi connectivity index (χ1n) is 7.72. The van der Waals surface area contributed by atoms with Crippen LogP contribution >= 0.6 is 12.4 Å². The minimum Gasteiger partial charge on any atom is -0.337 e. The molecule has 0 saturated carbocycles. The van der Waals surface area contributed by atoms with Gasteiger partial charge in [0.25, 0.3) is 5.91 Å². The molecule has 0 unspecified atom stereocenters. The molecule has 1 amide bonds. The zero-order chi connectivity index (χ0) is 14.7. The molecule has 1 saturated heterocycles. The van der Waals surface area contributed by atoms with Gasteiger partial charge in [0.05, 0.1) is 5.52 Å². The highest BCUT2D eigenvalue weighted by Crippen LogP contribution is 2.21. The molecule has 3 rings (SSSR count). The van der Waals surface area contributed by atoms with Crippen molar-refractivity contribution in [2.45, 2.75) is 19.8 Å². The van der Waals surface area contributed by atoms with Crippen LogP contribution in [-0.4, -0.2) is 47.2 Å². The third kappa shape index (κ3) is 3.42. The number of piperidine rings is 1. The van der Waals surface area contributed by atoms with Crippen LogP contribution in [0.5, 0.6) is 0 Å². The van der Waals surface area contributed by atoms with Crippen LogP contribution in [-0.2, 0) is 0 Å². The van der Waals surface area contributed by atoms with Gasteiger partial charge in [-0.1, -0.05) is 25.1 Å². The molecular weight excluding hydrogens is 300 g/mol. The summed E-state index contributed by atoms with van der Waals surface area (Å²) in [6, 6.07) is 7.78. The van der Waals surface area contributed by atoms with E-state index in [1.54, 1.807) is 0 Å². The van der Waals surface area contributed by atoms with E-state index in [0.717, 1.165) is 49.9 Å². The Morgan fingerprint density at radius 1 is 1.36 bits per heavy atom. The maximum absolute atomic E-state index is 12.6. The zero-order valence-electron chi connectivity index (χ0n) is 12.8. The van der Waals surface area contributed by atoms with E-state index in [9.17, 15) is 4.79 Å². The number of hydrogen-bond acceptors (Lipinski definition) is 3. The van der Waals surface area contributed by atoms with E-state index in [4.69, 9.17) is 0 Å². The lowest BCUT2D eigenvalue weighted by atomic mass is 9.96. The minimum absolute atomic E-state index is 0. The second kappa shape index (κ2) is 7.61. The van der Waals surface area contributed by atoms with Gasteiger partial charge < -0.3 is 10.2 Å². The molecule has 6 heteroatoms. The molecule has 1 aliphatic rings. The van der Waals surface area contributed by atoms with Gasteiger partial charge >= 0.3 is 0 Å². The topological polar surface area (TPSA) is 61.0 Å². The molecule has 1 aliphatic heterocycles. The molecule has 0 aliphatic carbocycles. The van der Waals surface area contributed by atoms with Crippen molar-refractivity contribution in [3.05, 3.63) is 30.0 Å². The molecular formula is C16H23ClN4O. The van der Waals surface area contributed by atoms with Crippen LogP contribution in [0.1, 0.15) is 30.3 Å². The number of amides is 1. The number of nitrogens with one attached hydrogen (secondary N) is 2. The predicted octanol–water partition coefficient (Wildman–Crippen LogP) is 2.45. The van der Waals surface area contributed by atoms with Crippen LogP contribution in [0.2, 0.25) is 0 Å². The van der Waals surface area contributed by atoms with Crippen LogP contribution in [0, 0.1) is 5.92 Å². The number of para-hydroxylation sites is 1. The van der Waals surface area contributed by atoms with E-state index >= 15 is 0 Å². The molecule has 0 bridgehead atoms. The number of aromatic amines is 1. The number of rotatable bonds is 4. The van der Waals surface area contributed by atoms with E-state index in [2.05, 4.69) is 22.4 Å². The first-order valence-corrected chi connectivity index (χ1v) is 7.72. The van der Waals surface area contributed by atoms with Gasteiger partial charge in [-0.05, 0) is 37.9 Å². The third-order valence-electron chi connectivity index (χ3n) is 4.26. The van der Waals surface area contributed by atoms with Gasteiger partial charge in [0.2, 0.25) is 0 Å². The van der Waals surface area contributed by atoms with Gasteiger partial charge in [-0.3, -0.25) is 9.89 Å². The third-order valence-corrected chi connectivity index (χ3v) is 4.26. The number of hydrogen-bond donors (Lipinski definition) is 2. The fourth-order valence-electron chi connectivity index (χ4n) is 2.96. The smallest absolute Gasteiger partial charge is 0.274 e. The Hall–Kier alpha value is -1.59. The summed E-state index contributed by atoms with van der Waals surface area (Å²) in [5, 5.41) is 11.5. The summed E-state index contributed by atoms with van der Waals surface area (Å²) in [4.78, 5) is 14.6. The summed E-state index contributed by atoms with van der Waals surface area (Å²) in [5.41, 5.74) is 1.47. The molecule has 2 N–H and O–H groups in total. The molecule has 0 spiro atoms. The SMILES string of the molecule is CCNCC1CCN(C(=O)c2n[nH]c3ccccc23)CC1.Cl. The Labute approximate surface area is 136 Å². The average Bonchev–Trinajstić information content (AvgIpc) is 2.97. The summed E-state index contributed by atoms with van der Waals surface area (Å²) in [5.74, 6) is 0.735. The molecule has 1 aromatic heterocycles. The summed E-state index contributed by atoms with van der Waals surface area (Å²) >= 11 is 0. The number of halogens is 1. The normalized spacial score (nSPS) is 15.8.